The van der Waals surface area contributed by atoms with Gasteiger partial charge in [0.05, 0.1) is 13.2 Å². The highest BCUT2D eigenvalue weighted by molar-refractivity contribution is 6.30. The molecule has 1 aromatic rings. The van der Waals surface area contributed by atoms with Crippen molar-refractivity contribution in [2.75, 3.05) is 33.5 Å². The van der Waals surface area contributed by atoms with E-state index in [1.165, 1.54) is 5.56 Å². The zero-order valence-corrected chi connectivity index (χ0v) is 12.4. The predicted molar refractivity (Wildman–Crippen MR) is 79.6 cm³/mol. The lowest BCUT2D eigenvalue weighted by molar-refractivity contribution is 0.0673. The molecule has 0 amide bonds. The minimum atomic E-state index is 0.507. The van der Waals surface area contributed by atoms with Crippen molar-refractivity contribution in [3.8, 4) is 0 Å². The molecule has 1 rings (SSSR count). The fourth-order valence-corrected chi connectivity index (χ4v) is 2.10. The number of hydrogen-bond donors (Lipinski definition) is 1. The van der Waals surface area contributed by atoms with Crippen molar-refractivity contribution in [3.63, 3.8) is 0 Å². The summed E-state index contributed by atoms with van der Waals surface area (Å²) < 4.78 is 10.4. The van der Waals surface area contributed by atoms with Crippen LogP contribution >= 0.6 is 11.6 Å². The Morgan fingerprint density at radius 3 is 2.53 bits per heavy atom. The van der Waals surface area contributed by atoms with Gasteiger partial charge in [-0.1, -0.05) is 23.7 Å². The zero-order chi connectivity index (χ0) is 13.9. The Morgan fingerprint density at radius 2 is 1.89 bits per heavy atom. The Bertz CT molecular complexity index is 329. The van der Waals surface area contributed by atoms with E-state index < -0.39 is 0 Å². The molecule has 3 nitrogen and oxygen atoms in total. The van der Waals surface area contributed by atoms with Crippen molar-refractivity contribution >= 4 is 11.6 Å². The zero-order valence-electron chi connectivity index (χ0n) is 11.6. The van der Waals surface area contributed by atoms with Gasteiger partial charge in [0.1, 0.15) is 0 Å². The average molecular weight is 286 g/mol. The second-order valence-corrected chi connectivity index (χ2v) is 5.12. The van der Waals surface area contributed by atoms with Gasteiger partial charge >= 0.3 is 0 Å². The quantitative estimate of drug-likeness (QED) is 0.672. The van der Waals surface area contributed by atoms with E-state index in [9.17, 15) is 0 Å². The molecule has 0 bridgehead atoms. The van der Waals surface area contributed by atoms with Crippen LogP contribution in [0.2, 0.25) is 5.02 Å². The van der Waals surface area contributed by atoms with E-state index in [0.29, 0.717) is 25.7 Å². The second-order valence-electron chi connectivity index (χ2n) is 4.68. The maximum Gasteiger partial charge on any atom is 0.0700 e. The Balaban J connectivity index is 2.20. The van der Waals surface area contributed by atoms with Crippen LogP contribution < -0.4 is 5.73 Å². The van der Waals surface area contributed by atoms with E-state index in [2.05, 4.69) is 12.1 Å². The summed E-state index contributed by atoms with van der Waals surface area (Å²) in [7, 11) is 1.68. The summed E-state index contributed by atoms with van der Waals surface area (Å²) in [4.78, 5) is 0. The van der Waals surface area contributed by atoms with Crippen LogP contribution in [0.1, 0.15) is 18.4 Å². The molecule has 0 radical (unpaired) electrons. The Kier molecular flexibility index (Phi) is 8.84. The van der Waals surface area contributed by atoms with Crippen molar-refractivity contribution in [2.24, 2.45) is 11.7 Å². The van der Waals surface area contributed by atoms with Gasteiger partial charge in [0.25, 0.3) is 0 Å². The third-order valence-electron chi connectivity index (χ3n) is 3.10. The lowest BCUT2D eigenvalue weighted by Crippen LogP contribution is -2.17. The smallest absolute Gasteiger partial charge is 0.0700 e. The van der Waals surface area contributed by atoms with Gasteiger partial charge in [-0.3, -0.25) is 0 Å². The summed E-state index contributed by atoms with van der Waals surface area (Å²) in [6.07, 6.45) is 3.14. The van der Waals surface area contributed by atoms with Gasteiger partial charge in [-0.25, -0.2) is 0 Å². The highest BCUT2D eigenvalue weighted by atomic mass is 35.5. The van der Waals surface area contributed by atoms with Gasteiger partial charge in [0.15, 0.2) is 0 Å². The van der Waals surface area contributed by atoms with Gasteiger partial charge in [0.2, 0.25) is 0 Å². The molecule has 0 fully saturated rings. The first-order chi connectivity index (χ1) is 9.26. The number of benzene rings is 1. The monoisotopic (exact) mass is 285 g/mol. The van der Waals surface area contributed by atoms with Crippen molar-refractivity contribution in [1.29, 1.82) is 0 Å². The van der Waals surface area contributed by atoms with Crippen LogP contribution in [0.3, 0.4) is 0 Å². The standard InChI is InChI=1S/C15H24ClNO2/c1-18-9-10-19-8-2-3-14(12-17)11-13-4-6-15(16)7-5-13/h4-7,14H,2-3,8-12,17H2,1H3. The summed E-state index contributed by atoms with van der Waals surface area (Å²) in [6, 6.07) is 8.00. The number of methoxy groups -OCH3 is 1. The molecule has 1 aromatic carbocycles. The van der Waals surface area contributed by atoms with Gasteiger partial charge in [-0.15, -0.1) is 0 Å². The van der Waals surface area contributed by atoms with Gasteiger partial charge in [0, 0.05) is 18.7 Å². The molecule has 0 heterocycles. The van der Waals surface area contributed by atoms with Crippen molar-refractivity contribution in [2.45, 2.75) is 19.3 Å². The predicted octanol–water partition coefficient (Wildman–Crippen LogP) is 2.90. The van der Waals surface area contributed by atoms with E-state index >= 15 is 0 Å². The molecule has 0 aliphatic rings. The van der Waals surface area contributed by atoms with Crippen LogP contribution in [0.15, 0.2) is 24.3 Å². The molecular formula is C15H24ClNO2. The average Bonchev–Trinajstić information content (AvgIpc) is 2.43. The fourth-order valence-electron chi connectivity index (χ4n) is 1.98. The lowest BCUT2D eigenvalue weighted by atomic mass is 9.95. The summed E-state index contributed by atoms with van der Waals surface area (Å²) >= 11 is 5.87. The lowest BCUT2D eigenvalue weighted by Gasteiger charge is -2.14. The normalized spacial score (nSPS) is 12.6. The minimum Gasteiger partial charge on any atom is -0.382 e. The Labute approximate surface area is 121 Å². The number of rotatable bonds is 10. The Morgan fingerprint density at radius 1 is 1.16 bits per heavy atom. The van der Waals surface area contributed by atoms with E-state index in [1.807, 2.05) is 12.1 Å². The molecule has 0 spiro atoms. The molecule has 4 heteroatoms. The summed E-state index contributed by atoms with van der Waals surface area (Å²) in [5.74, 6) is 0.507. The third kappa shape index (κ3) is 7.53. The molecule has 0 saturated carbocycles. The van der Waals surface area contributed by atoms with E-state index in [1.54, 1.807) is 7.11 Å². The molecular weight excluding hydrogens is 262 g/mol. The molecule has 0 saturated heterocycles. The summed E-state index contributed by atoms with van der Waals surface area (Å²) in [6.45, 7) is 2.81. The third-order valence-corrected chi connectivity index (χ3v) is 3.36. The molecule has 108 valence electrons. The van der Waals surface area contributed by atoms with Crippen molar-refractivity contribution in [1.82, 2.24) is 0 Å². The van der Waals surface area contributed by atoms with Crippen LogP contribution in [0, 0.1) is 5.92 Å². The maximum atomic E-state index is 5.87. The van der Waals surface area contributed by atoms with Crippen LogP contribution in [0.25, 0.3) is 0 Å². The first-order valence-electron chi connectivity index (χ1n) is 6.77. The van der Waals surface area contributed by atoms with E-state index in [4.69, 9.17) is 26.8 Å². The minimum absolute atomic E-state index is 0.507. The molecule has 19 heavy (non-hydrogen) atoms. The molecule has 1 unspecified atom stereocenters. The van der Waals surface area contributed by atoms with Crippen molar-refractivity contribution < 1.29 is 9.47 Å². The van der Waals surface area contributed by atoms with E-state index in [0.717, 1.165) is 30.9 Å². The molecule has 0 aliphatic carbocycles. The topological polar surface area (TPSA) is 44.5 Å². The number of nitrogens with two attached hydrogens (primary N) is 1. The molecule has 0 aromatic heterocycles. The molecule has 1 atom stereocenters. The maximum absolute atomic E-state index is 5.87. The molecule has 0 aliphatic heterocycles. The van der Waals surface area contributed by atoms with Gasteiger partial charge in [-0.2, -0.15) is 0 Å². The molecule has 2 N–H and O–H groups in total. The van der Waals surface area contributed by atoms with Crippen LogP contribution in [-0.4, -0.2) is 33.5 Å². The number of halogens is 1. The van der Waals surface area contributed by atoms with Gasteiger partial charge < -0.3 is 15.2 Å². The largest absolute Gasteiger partial charge is 0.382 e. The number of hydrogen-bond acceptors (Lipinski definition) is 3. The SMILES string of the molecule is COCCOCCCC(CN)Cc1ccc(Cl)cc1. The summed E-state index contributed by atoms with van der Waals surface area (Å²) in [5, 5.41) is 0.777. The van der Waals surface area contributed by atoms with Gasteiger partial charge in [-0.05, 0) is 49.4 Å². The Hall–Kier alpha value is -0.610. The first-order valence-corrected chi connectivity index (χ1v) is 7.15. The highest BCUT2D eigenvalue weighted by Crippen LogP contribution is 2.16. The number of ether oxygens (including phenoxy) is 2. The van der Waals surface area contributed by atoms with Crippen LogP contribution in [0.5, 0.6) is 0 Å². The fraction of sp³-hybridized carbons (Fsp3) is 0.600. The first kappa shape index (κ1) is 16.4. The van der Waals surface area contributed by atoms with Crippen LogP contribution in [-0.2, 0) is 15.9 Å². The summed E-state index contributed by atoms with van der Waals surface area (Å²) in [5.41, 5.74) is 7.12. The van der Waals surface area contributed by atoms with Crippen molar-refractivity contribution in [3.05, 3.63) is 34.9 Å². The van der Waals surface area contributed by atoms with Crippen LogP contribution in [0.4, 0.5) is 0 Å². The van der Waals surface area contributed by atoms with E-state index in [-0.39, 0.29) is 0 Å². The second kappa shape index (κ2) is 10.2. The highest BCUT2D eigenvalue weighted by Gasteiger charge is 2.07.